The second-order valence-corrected chi connectivity index (χ2v) is 11.6. The Bertz CT molecular complexity index is 1730. The van der Waals surface area contributed by atoms with Gasteiger partial charge in [-0.05, 0) is 104 Å². The molecule has 10 heteroatoms. The summed E-state index contributed by atoms with van der Waals surface area (Å²) in [6.45, 7) is 5.07. The fourth-order valence-corrected chi connectivity index (χ4v) is 6.60. The lowest BCUT2D eigenvalue weighted by Crippen LogP contribution is -2.29. The first kappa shape index (κ1) is 27.6. The van der Waals surface area contributed by atoms with E-state index in [9.17, 15) is 10.1 Å². The minimum absolute atomic E-state index is 0.0818. The molecule has 0 radical (unpaired) electrons. The van der Waals surface area contributed by atoms with Gasteiger partial charge in [0.1, 0.15) is 0 Å². The molecule has 1 aliphatic heterocycles. The summed E-state index contributed by atoms with van der Waals surface area (Å²) in [6.07, 6.45) is 5.47. The highest BCUT2D eigenvalue weighted by molar-refractivity contribution is 7.99. The molecule has 0 amide bonds. The highest BCUT2D eigenvalue weighted by atomic mass is 32.2. The van der Waals surface area contributed by atoms with Crippen LogP contribution in [0.2, 0.25) is 0 Å². The first-order chi connectivity index (χ1) is 20.4. The van der Waals surface area contributed by atoms with Crippen molar-refractivity contribution in [3.8, 4) is 0 Å². The Morgan fingerprint density at radius 1 is 0.952 bits per heavy atom. The van der Waals surface area contributed by atoms with Crippen LogP contribution in [0.5, 0.6) is 0 Å². The molecule has 210 valence electrons. The number of aromatic nitrogens is 3. The lowest BCUT2D eigenvalue weighted by atomic mass is 9.96. The van der Waals surface area contributed by atoms with E-state index in [-0.39, 0.29) is 22.7 Å². The molecule has 4 heterocycles. The van der Waals surface area contributed by atoms with Gasteiger partial charge in [0.15, 0.2) is 5.11 Å². The van der Waals surface area contributed by atoms with E-state index in [4.69, 9.17) is 17.2 Å². The summed E-state index contributed by atoms with van der Waals surface area (Å²) in [5.74, 6) is 0. The fourth-order valence-electron chi connectivity index (χ4n) is 5.44. The summed E-state index contributed by atoms with van der Waals surface area (Å²) in [6, 6.07) is 26.9. The number of anilines is 1. The van der Waals surface area contributed by atoms with Gasteiger partial charge in [0.05, 0.1) is 22.7 Å². The van der Waals surface area contributed by atoms with Crippen LogP contribution in [0.15, 0.2) is 113 Å². The van der Waals surface area contributed by atoms with Crippen LogP contribution in [0.3, 0.4) is 0 Å². The lowest BCUT2D eigenvalue weighted by Gasteiger charge is -2.28. The summed E-state index contributed by atoms with van der Waals surface area (Å²) in [5, 5.41) is 15.2. The molecule has 42 heavy (non-hydrogen) atoms. The molecule has 2 atom stereocenters. The number of nitro groups is 1. The molecule has 0 spiro atoms. The third-order valence-corrected chi connectivity index (χ3v) is 8.85. The maximum absolute atomic E-state index is 11.0. The monoisotopic (exact) mass is 592 g/mol. The molecule has 2 aromatic carbocycles. The Hall–Kier alpha value is -4.54. The molecular weight excluding hydrogens is 565 g/mol. The molecule has 6 rings (SSSR count). The van der Waals surface area contributed by atoms with Crippen LogP contribution in [0.25, 0.3) is 0 Å². The van der Waals surface area contributed by atoms with Crippen molar-refractivity contribution >= 4 is 40.5 Å². The van der Waals surface area contributed by atoms with Crippen LogP contribution in [-0.2, 0) is 6.54 Å². The molecule has 3 aromatic heterocycles. The van der Waals surface area contributed by atoms with Crippen molar-refractivity contribution < 1.29 is 4.92 Å². The third kappa shape index (κ3) is 5.50. The first-order valence-corrected chi connectivity index (χ1v) is 14.7. The zero-order valence-electron chi connectivity index (χ0n) is 23.0. The Morgan fingerprint density at radius 3 is 2.29 bits per heavy atom. The number of nitrogens with one attached hydrogen (secondary N) is 1. The zero-order chi connectivity index (χ0) is 29.2. The normalized spacial score (nSPS) is 16.4. The molecule has 0 unspecified atom stereocenters. The molecule has 0 bridgehead atoms. The van der Waals surface area contributed by atoms with Crippen molar-refractivity contribution in [1.82, 2.24) is 19.9 Å². The van der Waals surface area contributed by atoms with Gasteiger partial charge in [-0.15, -0.1) is 0 Å². The number of nitrogens with zero attached hydrogens (tertiary/aromatic N) is 5. The van der Waals surface area contributed by atoms with Gasteiger partial charge < -0.3 is 14.8 Å². The number of non-ortho nitro benzene ring substituents is 1. The van der Waals surface area contributed by atoms with Gasteiger partial charge in [-0.2, -0.15) is 0 Å². The molecule has 1 fully saturated rings. The van der Waals surface area contributed by atoms with Crippen molar-refractivity contribution in [2.24, 2.45) is 0 Å². The first-order valence-electron chi connectivity index (χ1n) is 13.5. The zero-order valence-corrected chi connectivity index (χ0v) is 24.7. The average Bonchev–Trinajstić information content (AvgIpc) is 3.49. The van der Waals surface area contributed by atoms with Crippen LogP contribution in [0, 0.1) is 24.0 Å². The maximum Gasteiger partial charge on any atom is 0.269 e. The standard InChI is InChI=1S/C32H28N6O2S2/c1-21-19-28(22(2)36(21)20-23-14-17-33-18-15-23)31-30(29-5-3-4-16-34-29)35-32(41)37(31)24-6-10-26(11-7-24)42-27-12-8-25(9-13-27)38(39)40/h3-19,30-31H,20H2,1-2H3,(H,35,41)/t30-,31+/m1/s1. The summed E-state index contributed by atoms with van der Waals surface area (Å²) in [7, 11) is 0. The molecule has 1 aliphatic rings. The number of thiocarbonyl (C=S) groups is 1. The molecule has 1 N–H and O–H groups in total. The minimum atomic E-state index is -0.387. The van der Waals surface area contributed by atoms with Crippen LogP contribution in [0.1, 0.15) is 40.3 Å². The fraction of sp³-hybridized carbons (Fsp3) is 0.156. The summed E-state index contributed by atoms with van der Waals surface area (Å²) < 4.78 is 2.34. The second kappa shape index (κ2) is 11.8. The van der Waals surface area contributed by atoms with E-state index in [0.29, 0.717) is 5.11 Å². The molecular formula is C32H28N6O2S2. The third-order valence-electron chi connectivity index (χ3n) is 7.52. The van der Waals surface area contributed by atoms with Crippen LogP contribution >= 0.6 is 24.0 Å². The highest BCUT2D eigenvalue weighted by Gasteiger charge is 2.42. The van der Waals surface area contributed by atoms with Crippen molar-refractivity contribution in [1.29, 1.82) is 0 Å². The summed E-state index contributed by atoms with van der Waals surface area (Å²) >= 11 is 7.50. The molecule has 8 nitrogen and oxygen atoms in total. The number of hydrogen-bond donors (Lipinski definition) is 1. The number of pyridine rings is 2. The Kier molecular flexibility index (Phi) is 7.73. The van der Waals surface area contributed by atoms with E-state index < -0.39 is 0 Å². The quantitative estimate of drug-likeness (QED) is 0.115. The molecule has 5 aromatic rings. The second-order valence-electron chi connectivity index (χ2n) is 10.1. The van der Waals surface area contributed by atoms with Gasteiger partial charge in [-0.3, -0.25) is 20.1 Å². The van der Waals surface area contributed by atoms with E-state index in [1.165, 1.54) is 34.6 Å². The van der Waals surface area contributed by atoms with Crippen LogP contribution < -0.4 is 10.2 Å². The number of benzene rings is 2. The molecule has 1 saturated heterocycles. The smallest absolute Gasteiger partial charge is 0.269 e. The van der Waals surface area contributed by atoms with E-state index in [2.05, 4.69) is 63.9 Å². The van der Waals surface area contributed by atoms with Gasteiger partial charge in [0.25, 0.3) is 5.69 Å². The van der Waals surface area contributed by atoms with E-state index in [1.54, 1.807) is 23.9 Å². The van der Waals surface area contributed by atoms with Gasteiger partial charge in [-0.1, -0.05) is 17.8 Å². The summed E-state index contributed by atoms with van der Waals surface area (Å²) in [5.41, 5.74) is 6.72. The number of rotatable bonds is 8. The average molecular weight is 593 g/mol. The number of aryl methyl sites for hydroxylation is 1. The molecule has 0 saturated carbocycles. The summed E-state index contributed by atoms with van der Waals surface area (Å²) in [4.78, 5) is 23.6. The largest absolute Gasteiger partial charge is 0.351 e. The van der Waals surface area contributed by atoms with E-state index >= 15 is 0 Å². The Morgan fingerprint density at radius 2 is 1.64 bits per heavy atom. The predicted molar refractivity (Wildman–Crippen MR) is 169 cm³/mol. The Balaban J connectivity index is 1.34. The van der Waals surface area contributed by atoms with Crippen molar-refractivity contribution in [2.45, 2.75) is 42.3 Å². The highest BCUT2D eigenvalue weighted by Crippen LogP contribution is 2.44. The topological polar surface area (TPSA) is 89.1 Å². The van der Waals surface area contributed by atoms with Crippen molar-refractivity contribution in [2.75, 3.05) is 4.90 Å². The van der Waals surface area contributed by atoms with Gasteiger partial charge in [0.2, 0.25) is 0 Å². The van der Waals surface area contributed by atoms with Gasteiger partial charge in [-0.25, -0.2) is 0 Å². The maximum atomic E-state index is 11.0. The lowest BCUT2D eigenvalue weighted by molar-refractivity contribution is -0.384. The Labute approximate surface area is 253 Å². The predicted octanol–water partition coefficient (Wildman–Crippen LogP) is 7.18. The van der Waals surface area contributed by atoms with Crippen LogP contribution in [-0.4, -0.2) is 24.6 Å². The van der Waals surface area contributed by atoms with Crippen molar-refractivity contribution in [3.05, 3.63) is 142 Å². The number of hydrogen-bond acceptors (Lipinski definition) is 6. The van der Waals surface area contributed by atoms with Gasteiger partial charge in [0, 0.05) is 64.1 Å². The SMILES string of the molecule is Cc1cc([C@H]2[C@@H](c3ccccn3)NC(=S)N2c2ccc(Sc3ccc([N+](=O)[O-])cc3)cc2)c(C)n1Cc1ccncc1. The minimum Gasteiger partial charge on any atom is -0.351 e. The van der Waals surface area contributed by atoms with Crippen molar-refractivity contribution in [3.63, 3.8) is 0 Å². The molecule has 0 aliphatic carbocycles. The number of nitro benzene ring substituents is 1. The van der Waals surface area contributed by atoms with Gasteiger partial charge >= 0.3 is 0 Å². The van der Waals surface area contributed by atoms with E-state index in [0.717, 1.165) is 27.7 Å². The van der Waals surface area contributed by atoms with E-state index in [1.807, 2.05) is 48.9 Å². The van der Waals surface area contributed by atoms with Crippen LogP contribution in [0.4, 0.5) is 11.4 Å².